The molecular weight excluding hydrogens is 465 g/mol. The highest BCUT2D eigenvalue weighted by atomic mass is 79.9. The summed E-state index contributed by atoms with van der Waals surface area (Å²) >= 11 is 3.30. The first-order valence-electron chi connectivity index (χ1n) is 8.46. The van der Waals surface area contributed by atoms with E-state index < -0.39 is 26.6 Å². The standard InChI is InChI=1S/C19H19BrFN3O4S/c1-2-10-23-29(27,28)17-12-13(3-8-16(17)21)19(26)22-11-9-18(25)24-15-6-4-14(20)5-7-15/h2-8,12,23H,1,9-11H2,(H,22,26)(H,24,25). The Labute approximate surface area is 176 Å². The number of rotatable bonds is 9. The molecule has 0 spiro atoms. The van der Waals surface area contributed by atoms with E-state index in [2.05, 4.69) is 37.9 Å². The summed E-state index contributed by atoms with van der Waals surface area (Å²) in [6.07, 6.45) is 1.32. The van der Waals surface area contributed by atoms with E-state index >= 15 is 0 Å². The Morgan fingerprint density at radius 3 is 2.48 bits per heavy atom. The minimum atomic E-state index is -4.12. The molecule has 0 aliphatic carbocycles. The van der Waals surface area contributed by atoms with Gasteiger partial charge in [-0.3, -0.25) is 9.59 Å². The zero-order chi connectivity index (χ0) is 21.4. The number of benzene rings is 2. The number of hydrogen-bond acceptors (Lipinski definition) is 4. The zero-order valence-electron chi connectivity index (χ0n) is 15.2. The topological polar surface area (TPSA) is 104 Å². The first kappa shape index (κ1) is 22.7. The van der Waals surface area contributed by atoms with Crippen molar-refractivity contribution < 1.29 is 22.4 Å². The summed E-state index contributed by atoms with van der Waals surface area (Å²) in [7, 11) is -4.12. The third kappa shape index (κ3) is 6.77. The van der Waals surface area contributed by atoms with Gasteiger partial charge >= 0.3 is 0 Å². The largest absolute Gasteiger partial charge is 0.352 e. The van der Waals surface area contributed by atoms with Crippen molar-refractivity contribution in [1.82, 2.24) is 10.0 Å². The van der Waals surface area contributed by atoms with E-state index in [-0.39, 0.29) is 31.0 Å². The van der Waals surface area contributed by atoms with Crippen molar-refractivity contribution in [3.05, 3.63) is 71.0 Å². The number of anilines is 1. The van der Waals surface area contributed by atoms with Crippen LogP contribution in [0.25, 0.3) is 0 Å². The first-order chi connectivity index (χ1) is 13.7. The molecule has 0 aliphatic heterocycles. The highest BCUT2D eigenvalue weighted by molar-refractivity contribution is 9.10. The highest BCUT2D eigenvalue weighted by Crippen LogP contribution is 2.17. The Bertz CT molecular complexity index is 1010. The van der Waals surface area contributed by atoms with E-state index in [1.807, 2.05) is 0 Å². The SMILES string of the molecule is C=CCNS(=O)(=O)c1cc(C(=O)NCCC(=O)Nc2ccc(Br)cc2)ccc1F. The van der Waals surface area contributed by atoms with Crippen molar-refractivity contribution in [1.29, 1.82) is 0 Å². The zero-order valence-corrected chi connectivity index (χ0v) is 17.6. The maximum atomic E-state index is 13.9. The van der Waals surface area contributed by atoms with E-state index in [1.165, 1.54) is 12.1 Å². The number of carbonyl (C=O) groups excluding carboxylic acids is 2. The number of carbonyl (C=O) groups is 2. The van der Waals surface area contributed by atoms with Crippen LogP contribution in [-0.4, -0.2) is 33.3 Å². The van der Waals surface area contributed by atoms with Gasteiger partial charge in [0.1, 0.15) is 10.7 Å². The maximum Gasteiger partial charge on any atom is 0.251 e. The van der Waals surface area contributed by atoms with Crippen molar-refractivity contribution in [2.45, 2.75) is 11.3 Å². The lowest BCUT2D eigenvalue weighted by molar-refractivity contribution is -0.116. The fraction of sp³-hybridized carbons (Fsp3) is 0.158. The average Bonchev–Trinajstić information content (AvgIpc) is 2.68. The maximum absolute atomic E-state index is 13.9. The molecule has 0 aliphatic rings. The van der Waals surface area contributed by atoms with Crippen molar-refractivity contribution in [2.75, 3.05) is 18.4 Å². The van der Waals surface area contributed by atoms with Gasteiger partial charge in [0.25, 0.3) is 5.91 Å². The Morgan fingerprint density at radius 1 is 1.14 bits per heavy atom. The summed E-state index contributed by atoms with van der Waals surface area (Å²) in [5.41, 5.74) is 0.573. The van der Waals surface area contributed by atoms with E-state index in [4.69, 9.17) is 0 Å². The van der Waals surface area contributed by atoms with Gasteiger partial charge in [-0.25, -0.2) is 17.5 Å². The number of amides is 2. The third-order valence-corrected chi connectivity index (χ3v) is 5.63. The summed E-state index contributed by atoms with van der Waals surface area (Å²) in [5, 5.41) is 5.19. The molecule has 0 unspecified atom stereocenters. The molecule has 0 fully saturated rings. The van der Waals surface area contributed by atoms with Gasteiger partial charge < -0.3 is 10.6 Å². The minimum absolute atomic E-state index is 0.00897. The van der Waals surface area contributed by atoms with E-state index in [9.17, 15) is 22.4 Å². The molecule has 0 atom stereocenters. The lowest BCUT2D eigenvalue weighted by atomic mass is 10.2. The number of halogens is 2. The molecule has 3 N–H and O–H groups in total. The monoisotopic (exact) mass is 483 g/mol. The fourth-order valence-corrected chi connectivity index (χ4v) is 3.61. The second-order valence-corrected chi connectivity index (χ2v) is 8.50. The molecule has 0 aromatic heterocycles. The van der Waals surface area contributed by atoms with E-state index in [0.717, 1.165) is 16.6 Å². The van der Waals surface area contributed by atoms with Crippen molar-refractivity contribution in [2.24, 2.45) is 0 Å². The van der Waals surface area contributed by atoms with Crippen LogP contribution in [0, 0.1) is 5.82 Å². The van der Waals surface area contributed by atoms with Crippen LogP contribution in [0.2, 0.25) is 0 Å². The van der Waals surface area contributed by atoms with Crippen LogP contribution in [0.5, 0.6) is 0 Å². The average molecular weight is 484 g/mol. The van der Waals surface area contributed by atoms with Gasteiger partial charge in [-0.1, -0.05) is 22.0 Å². The molecule has 10 heteroatoms. The van der Waals surface area contributed by atoms with Crippen LogP contribution in [0.1, 0.15) is 16.8 Å². The summed E-state index contributed by atoms with van der Waals surface area (Å²) in [6, 6.07) is 10.0. The van der Waals surface area contributed by atoms with Crippen LogP contribution in [0.4, 0.5) is 10.1 Å². The Morgan fingerprint density at radius 2 is 1.83 bits per heavy atom. The lowest BCUT2D eigenvalue weighted by Crippen LogP contribution is -2.29. The molecule has 2 aromatic carbocycles. The number of sulfonamides is 1. The quantitative estimate of drug-likeness (QED) is 0.477. The summed E-state index contributed by atoms with van der Waals surface area (Å²) in [5.74, 6) is -1.91. The van der Waals surface area contributed by atoms with Gasteiger partial charge in [0.15, 0.2) is 0 Å². The molecule has 2 aromatic rings. The third-order valence-electron chi connectivity index (χ3n) is 3.67. The normalized spacial score (nSPS) is 11.0. The van der Waals surface area contributed by atoms with Gasteiger partial charge in [0.2, 0.25) is 15.9 Å². The van der Waals surface area contributed by atoms with Crippen LogP contribution < -0.4 is 15.4 Å². The summed E-state index contributed by atoms with van der Waals surface area (Å²) in [4.78, 5) is 23.5. The molecule has 7 nitrogen and oxygen atoms in total. The predicted molar refractivity (Wildman–Crippen MR) is 112 cm³/mol. The second kappa shape index (κ2) is 10.3. The summed E-state index contributed by atoms with van der Waals surface area (Å²) < 4.78 is 41.1. The van der Waals surface area contributed by atoms with Crippen molar-refractivity contribution in [3.8, 4) is 0 Å². The second-order valence-electron chi connectivity index (χ2n) is 5.85. The van der Waals surface area contributed by atoms with Crippen LogP contribution in [-0.2, 0) is 14.8 Å². The lowest BCUT2D eigenvalue weighted by Gasteiger charge is -2.09. The van der Waals surface area contributed by atoms with Gasteiger partial charge in [0, 0.05) is 35.2 Å². The molecule has 0 radical (unpaired) electrons. The number of nitrogens with one attached hydrogen (secondary N) is 3. The van der Waals surface area contributed by atoms with Crippen molar-refractivity contribution in [3.63, 3.8) is 0 Å². The van der Waals surface area contributed by atoms with E-state index in [0.29, 0.717) is 5.69 Å². The van der Waals surface area contributed by atoms with E-state index in [1.54, 1.807) is 24.3 Å². The molecule has 2 rings (SSSR count). The van der Waals surface area contributed by atoms with Crippen LogP contribution in [0.3, 0.4) is 0 Å². The Kier molecular flexibility index (Phi) is 8.06. The van der Waals surface area contributed by atoms with Gasteiger partial charge in [0.05, 0.1) is 0 Å². The minimum Gasteiger partial charge on any atom is -0.352 e. The Balaban J connectivity index is 1.95. The molecule has 29 heavy (non-hydrogen) atoms. The van der Waals surface area contributed by atoms with Gasteiger partial charge in [-0.05, 0) is 42.5 Å². The molecule has 0 saturated carbocycles. The molecule has 154 valence electrons. The molecule has 0 saturated heterocycles. The van der Waals surface area contributed by atoms with Crippen LogP contribution in [0.15, 0.2) is 64.5 Å². The van der Waals surface area contributed by atoms with Gasteiger partial charge in [-0.15, -0.1) is 6.58 Å². The first-order valence-corrected chi connectivity index (χ1v) is 10.7. The molecule has 0 heterocycles. The fourth-order valence-electron chi connectivity index (χ4n) is 2.25. The smallest absolute Gasteiger partial charge is 0.251 e. The summed E-state index contributed by atoms with van der Waals surface area (Å²) in [6.45, 7) is 3.33. The highest BCUT2D eigenvalue weighted by Gasteiger charge is 2.20. The van der Waals surface area contributed by atoms with Gasteiger partial charge in [-0.2, -0.15) is 0 Å². The number of hydrogen-bond donors (Lipinski definition) is 3. The molecule has 2 amide bonds. The Hall–Kier alpha value is -2.56. The molecule has 0 bridgehead atoms. The molecular formula is C19H19BrFN3O4S. The van der Waals surface area contributed by atoms with Crippen molar-refractivity contribution >= 4 is 43.5 Å². The predicted octanol–water partition coefficient (Wildman–Crippen LogP) is 2.81. The van der Waals surface area contributed by atoms with Crippen LogP contribution >= 0.6 is 15.9 Å².